The molecule has 0 aliphatic heterocycles. The van der Waals surface area contributed by atoms with Crippen molar-refractivity contribution >= 4 is 22.5 Å². The van der Waals surface area contributed by atoms with E-state index in [-0.39, 0.29) is 5.91 Å². The third-order valence-electron chi connectivity index (χ3n) is 3.66. The molecule has 2 aromatic carbocycles. The fraction of sp³-hybridized carbons (Fsp3) is 0.167. The molecule has 0 aliphatic carbocycles. The van der Waals surface area contributed by atoms with E-state index < -0.39 is 0 Å². The standard InChI is InChI=1S/C18H18N2O/c1-13-7-8-17-15(11-13)9-10-20(17)12-18(21)19-16-6-4-3-5-14(16)2/h3-11H,12H2,1-2H3,(H,19,21). The maximum absolute atomic E-state index is 12.2. The molecule has 0 aliphatic rings. The number of para-hydroxylation sites is 1. The maximum atomic E-state index is 12.2. The summed E-state index contributed by atoms with van der Waals surface area (Å²) in [5.41, 5.74) is 4.25. The Bertz CT molecular complexity index is 802. The molecule has 0 spiro atoms. The zero-order valence-electron chi connectivity index (χ0n) is 12.3. The topological polar surface area (TPSA) is 34.0 Å². The minimum atomic E-state index is -0.0117. The number of nitrogens with one attached hydrogen (secondary N) is 1. The summed E-state index contributed by atoms with van der Waals surface area (Å²) in [5.74, 6) is -0.0117. The number of nitrogens with zero attached hydrogens (tertiary/aromatic N) is 1. The number of hydrogen-bond donors (Lipinski definition) is 1. The summed E-state index contributed by atoms with van der Waals surface area (Å²) in [5, 5.41) is 4.13. The lowest BCUT2D eigenvalue weighted by Gasteiger charge is -2.09. The molecule has 0 saturated carbocycles. The second-order valence-electron chi connectivity index (χ2n) is 5.37. The van der Waals surface area contributed by atoms with Crippen molar-refractivity contribution in [3.8, 4) is 0 Å². The van der Waals surface area contributed by atoms with Gasteiger partial charge < -0.3 is 9.88 Å². The minimum Gasteiger partial charge on any atom is -0.338 e. The van der Waals surface area contributed by atoms with Crippen LogP contribution in [0.4, 0.5) is 5.69 Å². The molecule has 106 valence electrons. The second kappa shape index (κ2) is 5.44. The highest BCUT2D eigenvalue weighted by Crippen LogP contribution is 2.18. The van der Waals surface area contributed by atoms with E-state index in [1.165, 1.54) is 10.9 Å². The van der Waals surface area contributed by atoms with Gasteiger partial charge in [0.15, 0.2) is 0 Å². The number of benzene rings is 2. The van der Waals surface area contributed by atoms with Crippen LogP contribution in [0, 0.1) is 13.8 Å². The fourth-order valence-corrected chi connectivity index (χ4v) is 2.52. The Morgan fingerprint density at radius 3 is 2.71 bits per heavy atom. The van der Waals surface area contributed by atoms with Gasteiger partial charge in [0.1, 0.15) is 6.54 Å². The van der Waals surface area contributed by atoms with Gasteiger partial charge >= 0.3 is 0 Å². The van der Waals surface area contributed by atoms with Gasteiger partial charge in [0.2, 0.25) is 5.91 Å². The van der Waals surface area contributed by atoms with Crippen LogP contribution in [-0.4, -0.2) is 10.5 Å². The van der Waals surface area contributed by atoms with Crippen LogP contribution < -0.4 is 5.32 Å². The Labute approximate surface area is 124 Å². The molecule has 3 nitrogen and oxygen atoms in total. The first kappa shape index (κ1) is 13.4. The van der Waals surface area contributed by atoms with Crippen molar-refractivity contribution in [1.29, 1.82) is 0 Å². The molecule has 21 heavy (non-hydrogen) atoms. The number of carbonyl (C=O) groups excluding carboxylic acids is 1. The predicted octanol–water partition coefficient (Wildman–Crippen LogP) is 3.90. The van der Waals surface area contributed by atoms with E-state index >= 15 is 0 Å². The van der Waals surface area contributed by atoms with Gasteiger partial charge in [-0.1, -0.05) is 29.8 Å². The largest absolute Gasteiger partial charge is 0.338 e. The molecule has 3 heteroatoms. The first-order chi connectivity index (χ1) is 10.1. The molecule has 0 atom stereocenters. The van der Waals surface area contributed by atoms with Crippen LogP contribution >= 0.6 is 0 Å². The van der Waals surface area contributed by atoms with E-state index in [9.17, 15) is 4.79 Å². The number of aromatic nitrogens is 1. The maximum Gasteiger partial charge on any atom is 0.244 e. The zero-order chi connectivity index (χ0) is 14.8. The molecular formula is C18H18N2O. The van der Waals surface area contributed by atoms with E-state index in [4.69, 9.17) is 0 Å². The normalized spacial score (nSPS) is 10.8. The van der Waals surface area contributed by atoms with Crippen molar-refractivity contribution in [3.05, 3.63) is 65.9 Å². The molecular weight excluding hydrogens is 260 g/mol. The van der Waals surface area contributed by atoms with E-state index in [1.807, 2.05) is 48.0 Å². The van der Waals surface area contributed by atoms with Crippen LogP contribution in [0.2, 0.25) is 0 Å². The second-order valence-corrected chi connectivity index (χ2v) is 5.37. The predicted molar refractivity (Wildman–Crippen MR) is 86.5 cm³/mol. The first-order valence-corrected chi connectivity index (χ1v) is 7.04. The number of aryl methyl sites for hydroxylation is 2. The van der Waals surface area contributed by atoms with Gasteiger partial charge in [-0.05, 0) is 49.1 Å². The Morgan fingerprint density at radius 2 is 1.90 bits per heavy atom. The summed E-state index contributed by atoms with van der Waals surface area (Å²) < 4.78 is 1.97. The Balaban J connectivity index is 1.79. The third-order valence-corrected chi connectivity index (χ3v) is 3.66. The van der Waals surface area contributed by atoms with Gasteiger partial charge in [0.05, 0.1) is 0 Å². The molecule has 1 aromatic heterocycles. The van der Waals surface area contributed by atoms with Gasteiger partial charge in [-0.25, -0.2) is 0 Å². The summed E-state index contributed by atoms with van der Waals surface area (Å²) in [6.45, 7) is 4.38. The monoisotopic (exact) mass is 278 g/mol. The number of carbonyl (C=O) groups is 1. The number of fused-ring (bicyclic) bond motifs is 1. The van der Waals surface area contributed by atoms with Crippen LogP contribution in [0.25, 0.3) is 10.9 Å². The van der Waals surface area contributed by atoms with Crippen molar-refractivity contribution in [3.63, 3.8) is 0 Å². The van der Waals surface area contributed by atoms with Crippen LogP contribution in [0.3, 0.4) is 0 Å². The van der Waals surface area contributed by atoms with Crippen molar-refractivity contribution in [2.24, 2.45) is 0 Å². The minimum absolute atomic E-state index is 0.0117. The van der Waals surface area contributed by atoms with Gasteiger partial charge in [-0.2, -0.15) is 0 Å². The Morgan fingerprint density at radius 1 is 1.10 bits per heavy atom. The molecule has 0 unspecified atom stereocenters. The third kappa shape index (κ3) is 2.82. The number of amides is 1. The summed E-state index contributed by atoms with van der Waals surface area (Å²) in [7, 11) is 0. The summed E-state index contributed by atoms with van der Waals surface area (Å²) in [6.07, 6.45) is 1.96. The van der Waals surface area contributed by atoms with Crippen LogP contribution in [0.15, 0.2) is 54.7 Å². The van der Waals surface area contributed by atoms with Gasteiger partial charge in [-0.3, -0.25) is 4.79 Å². The highest BCUT2D eigenvalue weighted by atomic mass is 16.1. The van der Waals surface area contributed by atoms with Crippen molar-refractivity contribution in [1.82, 2.24) is 4.57 Å². The highest BCUT2D eigenvalue weighted by molar-refractivity contribution is 5.92. The van der Waals surface area contributed by atoms with Crippen molar-refractivity contribution in [2.75, 3.05) is 5.32 Å². The first-order valence-electron chi connectivity index (χ1n) is 7.04. The van der Waals surface area contributed by atoms with E-state index in [0.717, 1.165) is 16.8 Å². The quantitative estimate of drug-likeness (QED) is 0.774. The van der Waals surface area contributed by atoms with Crippen molar-refractivity contribution in [2.45, 2.75) is 20.4 Å². The average Bonchev–Trinajstić information content (AvgIpc) is 2.83. The highest BCUT2D eigenvalue weighted by Gasteiger charge is 2.07. The molecule has 1 N–H and O–H groups in total. The fourth-order valence-electron chi connectivity index (χ4n) is 2.52. The Hall–Kier alpha value is -2.55. The van der Waals surface area contributed by atoms with E-state index in [0.29, 0.717) is 6.54 Å². The lowest BCUT2D eigenvalue weighted by molar-refractivity contribution is -0.116. The Kier molecular flexibility index (Phi) is 3.48. The lowest BCUT2D eigenvalue weighted by atomic mass is 10.2. The molecule has 0 saturated heterocycles. The average molecular weight is 278 g/mol. The summed E-state index contributed by atoms with van der Waals surface area (Å²) in [6, 6.07) is 16.1. The molecule has 1 heterocycles. The number of hydrogen-bond acceptors (Lipinski definition) is 1. The molecule has 0 fully saturated rings. The molecule has 3 rings (SSSR count). The lowest BCUT2D eigenvalue weighted by Crippen LogP contribution is -2.18. The van der Waals surface area contributed by atoms with Crippen molar-refractivity contribution < 1.29 is 4.79 Å². The van der Waals surface area contributed by atoms with Gasteiger partial charge in [0, 0.05) is 17.4 Å². The van der Waals surface area contributed by atoms with E-state index in [2.05, 4.69) is 30.4 Å². The zero-order valence-corrected chi connectivity index (χ0v) is 12.3. The summed E-state index contributed by atoms with van der Waals surface area (Å²) in [4.78, 5) is 12.2. The van der Waals surface area contributed by atoms with E-state index in [1.54, 1.807) is 0 Å². The molecule has 1 amide bonds. The smallest absolute Gasteiger partial charge is 0.244 e. The molecule has 3 aromatic rings. The van der Waals surface area contributed by atoms with Gasteiger partial charge in [-0.15, -0.1) is 0 Å². The van der Waals surface area contributed by atoms with Crippen LogP contribution in [0.1, 0.15) is 11.1 Å². The SMILES string of the molecule is Cc1ccc2c(ccn2CC(=O)Nc2ccccc2C)c1. The number of anilines is 1. The summed E-state index contributed by atoms with van der Waals surface area (Å²) >= 11 is 0. The molecule has 0 radical (unpaired) electrons. The number of rotatable bonds is 3. The van der Waals surface area contributed by atoms with Gasteiger partial charge in [0.25, 0.3) is 0 Å². The van der Waals surface area contributed by atoms with Crippen LogP contribution in [0.5, 0.6) is 0 Å². The van der Waals surface area contributed by atoms with Crippen LogP contribution in [-0.2, 0) is 11.3 Å². The molecule has 0 bridgehead atoms.